The Balaban J connectivity index is 2.23. The van der Waals surface area contributed by atoms with Crippen molar-refractivity contribution in [1.82, 2.24) is 5.32 Å². The van der Waals surface area contributed by atoms with E-state index in [2.05, 4.69) is 31.0 Å². The first-order valence-corrected chi connectivity index (χ1v) is 7.39. The van der Waals surface area contributed by atoms with E-state index < -0.39 is 0 Å². The highest BCUT2D eigenvalue weighted by atomic mass is 19.1. The van der Waals surface area contributed by atoms with Crippen LogP contribution < -0.4 is 10.2 Å². The van der Waals surface area contributed by atoms with Crippen LogP contribution >= 0.6 is 0 Å². The summed E-state index contributed by atoms with van der Waals surface area (Å²) in [5.41, 5.74) is 2.28. The first-order valence-electron chi connectivity index (χ1n) is 7.39. The van der Waals surface area contributed by atoms with Crippen LogP contribution in [-0.2, 0) is 0 Å². The van der Waals surface area contributed by atoms with E-state index in [0.717, 1.165) is 31.1 Å². The average molecular weight is 264 g/mol. The third-order valence-corrected chi connectivity index (χ3v) is 4.09. The minimum absolute atomic E-state index is 0.145. The molecule has 0 bridgehead atoms. The summed E-state index contributed by atoms with van der Waals surface area (Å²) in [6.45, 7) is 9.56. The lowest BCUT2D eigenvalue weighted by atomic mass is 9.97. The molecule has 1 aliphatic rings. The first kappa shape index (κ1) is 14.3. The van der Waals surface area contributed by atoms with E-state index in [9.17, 15) is 4.39 Å². The Morgan fingerprint density at radius 1 is 1.37 bits per heavy atom. The van der Waals surface area contributed by atoms with Gasteiger partial charge >= 0.3 is 0 Å². The predicted molar refractivity (Wildman–Crippen MR) is 79.1 cm³/mol. The van der Waals surface area contributed by atoms with E-state index in [0.29, 0.717) is 0 Å². The molecule has 1 aromatic rings. The molecule has 1 aliphatic heterocycles. The molecule has 1 saturated heterocycles. The summed E-state index contributed by atoms with van der Waals surface area (Å²) in [5.74, 6) is 0.667. The molecule has 0 aromatic heterocycles. The van der Waals surface area contributed by atoms with Crippen LogP contribution in [-0.4, -0.2) is 19.6 Å². The van der Waals surface area contributed by atoms with E-state index in [4.69, 9.17) is 0 Å². The van der Waals surface area contributed by atoms with Crippen molar-refractivity contribution in [3.05, 3.63) is 29.6 Å². The van der Waals surface area contributed by atoms with Crippen molar-refractivity contribution >= 4 is 5.69 Å². The molecule has 1 aromatic carbocycles. The van der Waals surface area contributed by atoms with Crippen molar-refractivity contribution in [2.24, 2.45) is 5.92 Å². The number of hydrogen-bond acceptors (Lipinski definition) is 2. The maximum atomic E-state index is 13.5. The molecule has 2 rings (SSSR count). The Kier molecular flexibility index (Phi) is 4.81. The van der Waals surface area contributed by atoms with Crippen LogP contribution in [0, 0.1) is 11.7 Å². The Hall–Kier alpha value is -1.09. The molecule has 3 heteroatoms. The lowest BCUT2D eigenvalue weighted by molar-refractivity contribution is 0.436. The van der Waals surface area contributed by atoms with Crippen LogP contribution in [0.5, 0.6) is 0 Å². The molecule has 0 radical (unpaired) electrons. The minimum atomic E-state index is -0.145. The van der Waals surface area contributed by atoms with Gasteiger partial charge in [0.25, 0.3) is 0 Å². The van der Waals surface area contributed by atoms with Gasteiger partial charge < -0.3 is 10.2 Å². The number of hydrogen-bond donors (Lipinski definition) is 1. The number of halogens is 1. The van der Waals surface area contributed by atoms with Crippen molar-refractivity contribution in [2.45, 2.75) is 39.7 Å². The lowest BCUT2D eigenvalue weighted by Crippen LogP contribution is -2.34. The predicted octanol–water partition coefficient (Wildman–Crippen LogP) is 3.73. The van der Waals surface area contributed by atoms with E-state index in [1.165, 1.54) is 18.5 Å². The zero-order valence-electron chi connectivity index (χ0n) is 12.2. The van der Waals surface area contributed by atoms with Gasteiger partial charge in [0, 0.05) is 24.8 Å². The van der Waals surface area contributed by atoms with Crippen LogP contribution in [0.2, 0.25) is 0 Å². The topological polar surface area (TPSA) is 15.3 Å². The van der Waals surface area contributed by atoms with Gasteiger partial charge in [-0.15, -0.1) is 0 Å². The lowest BCUT2D eigenvalue weighted by Gasteiger charge is -2.34. The average Bonchev–Trinajstić information content (AvgIpc) is 2.40. The summed E-state index contributed by atoms with van der Waals surface area (Å²) in [4.78, 5) is 2.41. The molecule has 1 N–H and O–H groups in total. The van der Waals surface area contributed by atoms with Gasteiger partial charge in [-0.2, -0.15) is 0 Å². The second-order valence-electron chi connectivity index (χ2n) is 5.65. The molecule has 0 spiro atoms. The molecule has 106 valence electrons. The molecule has 1 heterocycles. The Labute approximate surface area is 116 Å². The second kappa shape index (κ2) is 6.38. The second-order valence-corrected chi connectivity index (χ2v) is 5.65. The molecule has 1 unspecified atom stereocenters. The molecule has 19 heavy (non-hydrogen) atoms. The minimum Gasteiger partial charge on any atom is -0.371 e. The van der Waals surface area contributed by atoms with Gasteiger partial charge in [0.2, 0.25) is 0 Å². The molecule has 2 nitrogen and oxygen atoms in total. The molecule has 1 fully saturated rings. The summed E-state index contributed by atoms with van der Waals surface area (Å²) < 4.78 is 13.5. The van der Waals surface area contributed by atoms with E-state index in [-0.39, 0.29) is 11.9 Å². The van der Waals surface area contributed by atoms with Crippen molar-refractivity contribution in [3.8, 4) is 0 Å². The molecular weight excluding hydrogens is 239 g/mol. The monoisotopic (exact) mass is 264 g/mol. The van der Waals surface area contributed by atoms with E-state index >= 15 is 0 Å². The van der Waals surface area contributed by atoms with Gasteiger partial charge in [0.15, 0.2) is 0 Å². The number of rotatable bonds is 4. The maximum absolute atomic E-state index is 13.5. The third kappa shape index (κ3) is 3.47. The molecule has 0 amide bonds. The van der Waals surface area contributed by atoms with Crippen LogP contribution in [0.15, 0.2) is 18.2 Å². The molecular formula is C16H25FN2. The van der Waals surface area contributed by atoms with Crippen LogP contribution in [0.1, 0.15) is 45.2 Å². The smallest absolute Gasteiger partial charge is 0.123 e. The van der Waals surface area contributed by atoms with Crippen molar-refractivity contribution in [2.75, 3.05) is 24.5 Å². The quantitative estimate of drug-likeness (QED) is 0.891. The largest absolute Gasteiger partial charge is 0.371 e. The standard InChI is InChI=1S/C16H25FN2/c1-4-18-13(3)15-11-14(17)5-6-16(15)19-9-7-12(2)8-10-19/h5-6,11-13,18H,4,7-10H2,1-3H3. The van der Waals surface area contributed by atoms with Gasteiger partial charge in [0.05, 0.1) is 0 Å². The highest BCUT2D eigenvalue weighted by molar-refractivity contribution is 5.55. The SMILES string of the molecule is CCNC(C)c1cc(F)ccc1N1CCC(C)CC1. The number of piperidine rings is 1. The van der Waals surface area contributed by atoms with Gasteiger partial charge in [-0.1, -0.05) is 13.8 Å². The Morgan fingerprint density at radius 2 is 2.05 bits per heavy atom. The summed E-state index contributed by atoms with van der Waals surface area (Å²) in [5, 5.41) is 3.38. The van der Waals surface area contributed by atoms with Crippen molar-refractivity contribution in [1.29, 1.82) is 0 Å². The maximum Gasteiger partial charge on any atom is 0.123 e. The number of benzene rings is 1. The fraction of sp³-hybridized carbons (Fsp3) is 0.625. The fourth-order valence-electron chi connectivity index (χ4n) is 2.83. The Bertz CT molecular complexity index is 411. The highest BCUT2D eigenvalue weighted by Gasteiger charge is 2.20. The molecule has 0 aliphatic carbocycles. The summed E-state index contributed by atoms with van der Waals surface area (Å²) in [6, 6.07) is 5.39. The van der Waals surface area contributed by atoms with Gasteiger partial charge in [-0.05, 0) is 56.0 Å². The first-order chi connectivity index (χ1) is 9.11. The Morgan fingerprint density at radius 3 is 2.68 bits per heavy atom. The summed E-state index contributed by atoms with van der Waals surface area (Å²) in [6.07, 6.45) is 2.46. The number of nitrogens with one attached hydrogen (secondary N) is 1. The highest BCUT2D eigenvalue weighted by Crippen LogP contribution is 2.30. The van der Waals surface area contributed by atoms with Crippen LogP contribution in [0.25, 0.3) is 0 Å². The van der Waals surface area contributed by atoms with Crippen LogP contribution in [0.4, 0.5) is 10.1 Å². The van der Waals surface area contributed by atoms with Crippen LogP contribution in [0.3, 0.4) is 0 Å². The third-order valence-electron chi connectivity index (χ3n) is 4.09. The molecule has 0 saturated carbocycles. The number of nitrogens with zero attached hydrogens (tertiary/aromatic N) is 1. The van der Waals surface area contributed by atoms with Crippen molar-refractivity contribution < 1.29 is 4.39 Å². The number of anilines is 1. The fourth-order valence-corrected chi connectivity index (χ4v) is 2.83. The zero-order valence-corrected chi connectivity index (χ0v) is 12.2. The summed E-state index contributed by atoms with van der Waals surface area (Å²) >= 11 is 0. The zero-order chi connectivity index (χ0) is 13.8. The summed E-state index contributed by atoms with van der Waals surface area (Å²) in [7, 11) is 0. The molecule has 1 atom stereocenters. The van der Waals surface area contributed by atoms with E-state index in [1.54, 1.807) is 12.1 Å². The van der Waals surface area contributed by atoms with E-state index in [1.807, 2.05) is 6.07 Å². The van der Waals surface area contributed by atoms with Crippen molar-refractivity contribution in [3.63, 3.8) is 0 Å². The van der Waals surface area contributed by atoms with Gasteiger partial charge in [0.1, 0.15) is 5.82 Å². The normalized spacial score (nSPS) is 18.6. The van der Waals surface area contributed by atoms with Gasteiger partial charge in [-0.25, -0.2) is 4.39 Å². The van der Waals surface area contributed by atoms with Gasteiger partial charge in [-0.3, -0.25) is 0 Å².